The van der Waals surface area contributed by atoms with E-state index in [1.807, 2.05) is 0 Å². The van der Waals surface area contributed by atoms with Gasteiger partial charge < -0.3 is 10.1 Å². The largest absolute Gasteiger partial charge is 0.494 e. The third-order valence-electron chi connectivity index (χ3n) is 6.35. The Morgan fingerprint density at radius 3 is 1.75 bits per heavy atom. The number of nitrogens with one attached hydrogen (secondary N) is 1. The van der Waals surface area contributed by atoms with E-state index in [0.29, 0.717) is 5.75 Å². The van der Waals surface area contributed by atoms with Gasteiger partial charge in [-0.15, -0.1) is 11.8 Å². The molecule has 1 aliphatic rings. The Hall–Kier alpha value is -1.16. The van der Waals surface area contributed by atoms with Gasteiger partial charge in [0.15, 0.2) is 0 Å². The van der Waals surface area contributed by atoms with Crippen molar-refractivity contribution >= 4 is 17.7 Å². The standard InChI is InChI=1S/C28H47NO2S/c1-2-3-4-5-6-7-8-9-10-11-12-13-14-15-16-17-22-31-26-20-18-25(19-21-26)23-28-29-27(30)24-32-28/h18-21,28H,2-17,22-24H2,1H3,(H,29,30). The normalized spacial score (nSPS) is 15.8. The molecule has 1 aliphatic heterocycles. The Morgan fingerprint density at radius 2 is 1.28 bits per heavy atom. The van der Waals surface area contributed by atoms with Gasteiger partial charge in [0.25, 0.3) is 0 Å². The van der Waals surface area contributed by atoms with Gasteiger partial charge in [-0.3, -0.25) is 4.79 Å². The van der Waals surface area contributed by atoms with Crippen molar-refractivity contribution in [2.45, 2.75) is 121 Å². The van der Waals surface area contributed by atoms with Crippen LogP contribution in [-0.2, 0) is 11.2 Å². The molecule has 182 valence electrons. The molecule has 2 rings (SSSR count). The molecule has 1 aromatic carbocycles. The molecule has 1 unspecified atom stereocenters. The Labute approximate surface area is 201 Å². The minimum atomic E-state index is 0.152. The van der Waals surface area contributed by atoms with Gasteiger partial charge in [-0.25, -0.2) is 0 Å². The van der Waals surface area contributed by atoms with E-state index in [4.69, 9.17) is 4.74 Å². The summed E-state index contributed by atoms with van der Waals surface area (Å²) in [6.45, 7) is 3.10. The molecule has 4 heteroatoms. The van der Waals surface area contributed by atoms with Crippen LogP contribution in [0.25, 0.3) is 0 Å². The molecule has 1 amide bonds. The van der Waals surface area contributed by atoms with Crippen LogP contribution >= 0.6 is 11.8 Å². The SMILES string of the molecule is CCCCCCCCCCCCCCCCCCOc1ccc(CC2NC(=O)CS2)cc1. The van der Waals surface area contributed by atoms with Crippen LogP contribution in [0.5, 0.6) is 5.75 Å². The zero-order valence-electron chi connectivity index (χ0n) is 20.5. The number of amides is 1. The first-order valence-corrected chi connectivity index (χ1v) is 14.5. The van der Waals surface area contributed by atoms with Crippen molar-refractivity contribution in [3.05, 3.63) is 29.8 Å². The van der Waals surface area contributed by atoms with Crippen molar-refractivity contribution in [2.24, 2.45) is 0 Å². The van der Waals surface area contributed by atoms with Crippen molar-refractivity contribution in [3.8, 4) is 5.75 Å². The van der Waals surface area contributed by atoms with E-state index in [1.54, 1.807) is 11.8 Å². The van der Waals surface area contributed by atoms with Crippen LogP contribution in [-0.4, -0.2) is 23.6 Å². The molecule has 1 atom stereocenters. The minimum Gasteiger partial charge on any atom is -0.494 e. The molecular formula is C28H47NO2S. The zero-order valence-corrected chi connectivity index (χ0v) is 21.4. The fourth-order valence-electron chi connectivity index (χ4n) is 4.33. The molecule has 1 heterocycles. The van der Waals surface area contributed by atoms with Crippen molar-refractivity contribution < 1.29 is 9.53 Å². The topological polar surface area (TPSA) is 38.3 Å². The maximum atomic E-state index is 11.3. The van der Waals surface area contributed by atoms with Crippen molar-refractivity contribution in [1.29, 1.82) is 0 Å². The van der Waals surface area contributed by atoms with E-state index in [9.17, 15) is 4.79 Å². The first-order chi connectivity index (χ1) is 15.8. The van der Waals surface area contributed by atoms with Crippen LogP contribution in [0.1, 0.15) is 115 Å². The van der Waals surface area contributed by atoms with Crippen molar-refractivity contribution in [1.82, 2.24) is 5.32 Å². The summed E-state index contributed by atoms with van der Waals surface area (Å²) in [5.41, 5.74) is 1.25. The van der Waals surface area contributed by atoms with E-state index in [0.717, 1.165) is 25.2 Å². The number of thioether (sulfide) groups is 1. The van der Waals surface area contributed by atoms with E-state index in [-0.39, 0.29) is 11.3 Å². The van der Waals surface area contributed by atoms with Crippen molar-refractivity contribution in [3.63, 3.8) is 0 Å². The van der Waals surface area contributed by atoms with Gasteiger partial charge in [0.2, 0.25) is 5.91 Å². The fraction of sp³-hybridized carbons (Fsp3) is 0.750. The molecular weight excluding hydrogens is 414 g/mol. The first-order valence-electron chi connectivity index (χ1n) is 13.4. The molecule has 1 saturated heterocycles. The smallest absolute Gasteiger partial charge is 0.230 e. The fourth-order valence-corrected chi connectivity index (χ4v) is 5.29. The number of carbonyl (C=O) groups is 1. The lowest BCUT2D eigenvalue weighted by Crippen LogP contribution is -2.26. The average Bonchev–Trinajstić information content (AvgIpc) is 3.21. The van der Waals surface area contributed by atoms with Gasteiger partial charge in [-0.05, 0) is 24.1 Å². The summed E-state index contributed by atoms with van der Waals surface area (Å²) in [5.74, 6) is 1.70. The van der Waals surface area contributed by atoms with Gasteiger partial charge in [-0.1, -0.05) is 115 Å². The predicted molar refractivity (Wildman–Crippen MR) is 140 cm³/mol. The number of carbonyl (C=O) groups excluding carboxylic acids is 1. The van der Waals surface area contributed by atoms with Gasteiger partial charge in [0, 0.05) is 6.42 Å². The molecule has 0 spiro atoms. The molecule has 1 N–H and O–H groups in total. The maximum Gasteiger partial charge on any atom is 0.230 e. The monoisotopic (exact) mass is 461 g/mol. The summed E-state index contributed by atoms with van der Waals surface area (Å²) >= 11 is 1.69. The van der Waals surface area contributed by atoms with Crippen LogP contribution in [0.15, 0.2) is 24.3 Å². The Balaban J connectivity index is 1.33. The molecule has 32 heavy (non-hydrogen) atoms. The number of unbranched alkanes of at least 4 members (excludes halogenated alkanes) is 15. The van der Waals surface area contributed by atoms with Crippen LogP contribution in [0.3, 0.4) is 0 Å². The highest BCUT2D eigenvalue weighted by atomic mass is 32.2. The van der Waals surface area contributed by atoms with E-state index >= 15 is 0 Å². The number of benzene rings is 1. The molecule has 3 nitrogen and oxygen atoms in total. The Morgan fingerprint density at radius 1 is 0.781 bits per heavy atom. The molecule has 0 bridgehead atoms. The van der Waals surface area contributed by atoms with E-state index in [1.165, 1.54) is 102 Å². The van der Waals surface area contributed by atoms with Crippen LogP contribution in [0, 0.1) is 0 Å². The molecule has 0 aliphatic carbocycles. The first kappa shape index (κ1) is 27.1. The summed E-state index contributed by atoms with van der Waals surface area (Å²) in [6.07, 6.45) is 23.2. The summed E-state index contributed by atoms with van der Waals surface area (Å²) in [4.78, 5) is 11.3. The number of hydrogen-bond acceptors (Lipinski definition) is 3. The second-order valence-corrected chi connectivity index (χ2v) is 10.6. The second-order valence-electron chi connectivity index (χ2n) is 9.37. The minimum absolute atomic E-state index is 0.152. The Kier molecular flexibility index (Phi) is 15.5. The van der Waals surface area contributed by atoms with E-state index < -0.39 is 0 Å². The maximum absolute atomic E-state index is 11.3. The van der Waals surface area contributed by atoms with Gasteiger partial charge in [0.05, 0.1) is 17.7 Å². The predicted octanol–water partition coefficient (Wildman–Crippen LogP) is 8.06. The van der Waals surface area contributed by atoms with Crippen molar-refractivity contribution in [2.75, 3.05) is 12.4 Å². The van der Waals surface area contributed by atoms with Gasteiger partial charge in [0.1, 0.15) is 5.75 Å². The summed E-state index contributed by atoms with van der Waals surface area (Å²) in [5, 5.41) is 3.22. The highest BCUT2D eigenvalue weighted by Crippen LogP contribution is 2.21. The van der Waals surface area contributed by atoms with Crippen LogP contribution in [0.2, 0.25) is 0 Å². The highest BCUT2D eigenvalue weighted by Gasteiger charge is 2.21. The molecule has 1 aromatic rings. The number of hydrogen-bond donors (Lipinski definition) is 1. The van der Waals surface area contributed by atoms with E-state index in [2.05, 4.69) is 36.5 Å². The Bertz CT molecular complexity index is 590. The zero-order chi connectivity index (χ0) is 22.7. The lowest BCUT2D eigenvalue weighted by Gasteiger charge is -2.10. The van der Waals surface area contributed by atoms with Crippen LogP contribution < -0.4 is 10.1 Å². The molecule has 0 radical (unpaired) electrons. The lowest BCUT2D eigenvalue weighted by molar-refractivity contribution is -0.118. The lowest BCUT2D eigenvalue weighted by atomic mass is 10.0. The number of ether oxygens (including phenoxy) is 1. The quantitative estimate of drug-likeness (QED) is 0.200. The summed E-state index contributed by atoms with van der Waals surface area (Å²) in [7, 11) is 0. The third-order valence-corrected chi connectivity index (χ3v) is 7.46. The van der Waals surface area contributed by atoms with Crippen LogP contribution in [0.4, 0.5) is 0 Å². The summed E-state index contributed by atoms with van der Waals surface area (Å²) < 4.78 is 5.89. The molecule has 1 fully saturated rings. The molecule has 0 saturated carbocycles. The number of rotatable bonds is 20. The average molecular weight is 462 g/mol. The van der Waals surface area contributed by atoms with Gasteiger partial charge in [-0.2, -0.15) is 0 Å². The van der Waals surface area contributed by atoms with Gasteiger partial charge >= 0.3 is 0 Å². The third kappa shape index (κ3) is 13.4. The summed E-state index contributed by atoms with van der Waals surface area (Å²) in [6, 6.07) is 8.36. The molecule has 0 aromatic heterocycles. The highest BCUT2D eigenvalue weighted by molar-refractivity contribution is 8.01. The second kappa shape index (κ2) is 18.3.